The van der Waals surface area contributed by atoms with Gasteiger partial charge in [-0.25, -0.2) is 4.79 Å². The summed E-state index contributed by atoms with van der Waals surface area (Å²) in [6.45, 7) is 1.99. The number of rotatable bonds is 6. The Morgan fingerprint density at radius 3 is 2.54 bits per heavy atom. The lowest BCUT2D eigenvalue weighted by Crippen LogP contribution is -2.30. The number of amides is 2. The number of urea groups is 1. The van der Waals surface area contributed by atoms with E-state index in [2.05, 4.69) is 26.1 Å². The molecule has 2 saturated carbocycles. The number of nitrogens with one attached hydrogen (secondary N) is 3. The summed E-state index contributed by atoms with van der Waals surface area (Å²) in [5.41, 5.74) is 1.70. The molecule has 2 amide bonds. The van der Waals surface area contributed by atoms with Crippen LogP contribution in [0.3, 0.4) is 0 Å². The molecule has 1 atom stereocenters. The first-order valence-electron chi connectivity index (χ1n) is 8.45. The third-order valence-electron chi connectivity index (χ3n) is 4.21. The molecule has 0 radical (unpaired) electrons. The summed E-state index contributed by atoms with van der Waals surface area (Å²) in [7, 11) is 0. The van der Waals surface area contributed by atoms with Crippen LogP contribution in [0.5, 0.6) is 0 Å². The van der Waals surface area contributed by atoms with Crippen LogP contribution < -0.4 is 16.0 Å². The number of hydrogen-bond donors (Lipinski definition) is 3. The fourth-order valence-electron chi connectivity index (χ4n) is 2.47. The van der Waals surface area contributed by atoms with Crippen molar-refractivity contribution in [1.82, 2.24) is 15.5 Å². The number of carbonyl (C=O) groups excluding carboxylic acids is 1. The predicted molar refractivity (Wildman–Crippen MR) is 89.9 cm³/mol. The number of aromatic nitrogens is 2. The molecule has 0 spiro atoms. The van der Waals surface area contributed by atoms with E-state index in [-0.39, 0.29) is 12.1 Å². The standard InChI is InChI=1S/C17H21N5O2/c1-10(16-21-15(22-24-16)11-2-3-11)18-12-4-6-13(7-5-12)19-17(23)20-14-8-9-14/h4-7,10-11,14,18H,2-3,8-9H2,1H3,(H2,19,20,23). The fourth-order valence-corrected chi connectivity index (χ4v) is 2.47. The quantitative estimate of drug-likeness (QED) is 0.756. The molecule has 2 fully saturated rings. The molecule has 3 N–H and O–H groups in total. The van der Waals surface area contributed by atoms with Crippen molar-refractivity contribution in [3.63, 3.8) is 0 Å². The van der Waals surface area contributed by atoms with Gasteiger partial charge in [-0.1, -0.05) is 5.16 Å². The molecule has 0 aliphatic heterocycles. The molecule has 7 heteroatoms. The molecule has 4 rings (SSSR count). The minimum absolute atomic E-state index is 0.0676. The van der Waals surface area contributed by atoms with Crippen molar-refractivity contribution in [3.05, 3.63) is 36.0 Å². The molecule has 0 bridgehead atoms. The summed E-state index contributed by atoms with van der Waals surface area (Å²) in [6, 6.07) is 7.70. The maximum absolute atomic E-state index is 11.7. The number of anilines is 2. The Morgan fingerprint density at radius 1 is 1.17 bits per heavy atom. The van der Waals surface area contributed by atoms with Crippen LogP contribution in [0.15, 0.2) is 28.8 Å². The van der Waals surface area contributed by atoms with Gasteiger partial charge in [-0.3, -0.25) is 0 Å². The number of carbonyl (C=O) groups is 1. The second-order valence-electron chi connectivity index (χ2n) is 6.58. The minimum atomic E-state index is -0.148. The first-order chi connectivity index (χ1) is 11.7. The SMILES string of the molecule is CC(Nc1ccc(NC(=O)NC2CC2)cc1)c1nc(C2CC2)no1. The van der Waals surface area contributed by atoms with Gasteiger partial charge in [0.15, 0.2) is 5.82 Å². The first kappa shape index (κ1) is 15.0. The maximum Gasteiger partial charge on any atom is 0.319 e. The summed E-state index contributed by atoms with van der Waals surface area (Å²) in [5.74, 6) is 1.91. The molecule has 2 aromatic rings. The van der Waals surface area contributed by atoms with Gasteiger partial charge in [0.1, 0.15) is 6.04 Å². The lowest BCUT2D eigenvalue weighted by atomic mass is 10.2. The van der Waals surface area contributed by atoms with Gasteiger partial charge in [0, 0.05) is 23.3 Å². The van der Waals surface area contributed by atoms with E-state index in [1.165, 1.54) is 0 Å². The van der Waals surface area contributed by atoms with E-state index in [0.717, 1.165) is 42.9 Å². The van der Waals surface area contributed by atoms with Crippen LogP contribution in [-0.2, 0) is 0 Å². The Morgan fingerprint density at radius 2 is 1.88 bits per heavy atom. The highest BCUT2D eigenvalue weighted by atomic mass is 16.5. The zero-order chi connectivity index (χ0) is 16.5. The first-order valence-corrected chi connectivity index (χ1v) is 8.45. The summed E-state index contributed by atoms with van der Waals surface area (Å²) in [4.78, 5) is 16.2. The molecule has 1 aromatic carbocycles. The van der Waals surface area contributed by atoms with E-state index in [1.807, 2.05) is 31.2 Å². The molecule has 0 saturated heterocycles. The normalized spacial score (nSPS) is 18.0. The van der Waals surface area contributed by atoms with E-state index in [4.69, 9.17) is 4.52 Å². The van der Waals surface area contributed by atoms with Crippen LogP contribution >= 0.6 is 0 Å². The third kappa shape index (κ3) is 3.67. The lowest BCUT2D eigenvalue weighted by Gasteiger charge is -2.12. The van der Waals surface area contributed by atoms with Gasteiger partial charge in [0.2, 0.25) is 5.89 Å². The van der Waals surface area contributed by atoms with Crippen LogP contribution in [0.2, 0.25) is 0 Å². The van der Waals surface area contributed by atoms with Gasteiger partial charge in [0.25, 0.3) is 0 Å². The van der Waals surface area contributed by atoms with Crippen molar-refractivity contribution in [2.24, 2.45) is 0 Å². The zero-order valence-electron chi connectivity index (χ0n) is 13.6. The Kier molecular flexibility index (Phi) is 3.84. The van der Waals surface area contributed by atoms with E-state index < -0.39 is 0 Å². The Labute approximate surface area is 140 Å². The number of nitrogens with zero attached hydrogens (tertiary/aromatic N) is 2. The Balaban J connectivity index is 1.32. The Bertz CT molecular complexity index is 719. The van der Waals surface area contributed by atoms with Crippen LogP contribution in [0.4, 0.5) is 16.2 Å². The van der Waals surface area contributed by atoms with Crippen molar-refractivity contribution < 1.29 is 9.32 Å². The molecule has 2 aliphatic carbocycles. The smallest absolute Gasteiger partial charge is 0.319 e. The second-order valence-corrected chi connectivity index (χ2v) is 6.58. The van der Waals surface area contributed by atoms with Crippen LogP contribution in [0.25, 0.3) is 0 Å². The summed E-state index contributed by atoms with van der Waals surface area (Å²) >= 11 is 0. The van der Waals surface area contributed by atoms with Gasteiger partial charge >= 0.3 is 6.03 Å². The van der Waals surface area contributed by atoms with E-state index in [9.17, 15) is 4.79 Å². The average molecular weight is 327 g/mol. The summed E-state index contributed by atoms with van der Waals surface area (Å²) < 4.78 is 5.33. The summed E-state index contributed by atoms with van der Waals surface area (Å²) in [6.07, 6.45) is 4.46. The van der Waals surface area contributed by atoms with E-state index in [1.54, 1.807) is 0 Å². The molecule has 1 aromatic heterocycles. The van der Waals surface area contributed by atoms with Crippen molar-refractivity contribution >= 4 is 17.4 Å². The van der Waals surface area contributed by atoms with Crippen LogP contribution in [0, 0.1) is 0 Å². The molecule has 7 nitrogen and oxygen atoms in total. The zero-order valence-corrected chi connectivity index (χ0v) is 13.6. The van der Waals surface area contributed by atoms with Crippen LogP contribution in [0.1, 0.15) is 56.3 Å². The van der Waals surface area contributed by atoms with Gasteiger partial charge in [-0.15, -0.1) is 0 Å². The minimum Gasteiger partial charge on any atom is -0.374 e. The van der Waals surface area contributed by atoms with Gasteiger partial charge in [-0.05, 0) is 56.9 Å². The maximum atomic E-state index is 11.7. The molecule has 2 aliphatic rings. The van der Waals surface area contributed by atoms with Gasteiger partial charge < -0.3 is 20.5 Å². The number of hydrogen-bond acceptors (Lipinski definition) is 5. The van der Waals surface area contributed by atoms with E-state index in [0.29, 0.717) is 17.9 Å². The highest BCUT2D eigenvalue weighted by Gasteiger charge is 2.29. The van der Waals surface area contributed by atoms with Crippen molar-refractivity contribution in [1.29, 1.82) is 0 Å². The molecule has 24 heavy (non-hydrogen) atoms. The lowest BCUT2D eigenvalue weighted by molar-refractivity contribution is 0.251. The van der Waals surface area contributed by atoms with Crippen molar-refractivity contribution in [3.8, 4) is 0 Å². The highest BCUT2D eigenvalue weighted by molar-refractivity contribution is 5.89. The Hall–Kier alpha value is -2.57. The molecular formula is C17H21N5O2. The average Bonchev–Trinajstić information content (AvgIpc) is 3.50. The van der Waals surface area contributed by atoms with Crippen LogP contribution in [-0.4, -0.2) is 22.2 Å². The molecule has 1 heterocycles. The molecular weight excluding hydrogens is 306 g/mol. The van der Waals surface area contributed by atoms with Crippen molar-refractivity contribution in [2.75, 3.05) is 10.6 Å². The molecule has 1 unspecified atom stereocenters. The highest BCUT2D eigenvalue weighted by Crippen LogP contribution is 2.38. The monoisotopic (exact) mass is 327 g/mol. The van der Waals surface area contributed by atoms with Gasteiger partial charge in [-0.2, -0.15) is 4.98 Å². The van der Waals surface area contributed by atoms with E-state index >= 15 is 0 Å². The third-order valence-corrected chi connectivity index (χ3v) is 4.21. The van der Waals surface area contributed by atoms with Gasteiger partial charge in [0.05, 0.1) is 0 Å². The topological polar surface area (TPSA) is 92.1 Å². The second kappa shape index (κ2) is 6.14. The largest absolute Gasteiger partial charge is 0.374 e. The fraction of sp³-hybridized carbons (Fsp3) is 0.471. The molecule has 126 valence electrons. The predicted octanol–water partition coefficient (Wildman–Crippen LogP) is 3.40. The number of benzene rings is 1. The summed E-state index contributed by atoms with van der Waals surface area (Å²) in [5, 5.41) is 13.1. The van der Waals surface area contributed by atoms with Crippen molar-refractivity contribution in [2.45, 2.75) is 50.6 Å².